The van der Waals surface area contributed by atoms with Crippen molar-refractivity contribution < 1.29 is 9.84 Å². The van der Waals surface area contributed by atoms with Gasteiger partial charge in [0.15, 0.2) is 0 Å². The molecule has 3 rings (SSSR count). The lowest BCUT2D eigenvalue weighted by Gasteiger charge is -2.20. The number of hydrogen-bond acceptors (Lipinski definition) is 3. The summed E-state index contributed by atoms with van der Waals surface area (Å²) in [5.74, 6) is 1.10. The zero-order chi connectivity index (χ0) is 24.2. The van der Waals surface area contributed by atoms with Crippen molar-refractivity contribution in [1.82, 2.24) is 4.90 Å². The molecular formula is C30H36ClNO2. The molecule has 34 heavy (non-hydrogen) atoms. The fourth-order valence-electron chi connectivity index (χ4n) is 4.09. The van der Waals surface area contributed by atoms with E-state index in [-0.39, 0.29) is 5.75 Å². The zero-order valence-corrected chi connectivity index (χ0v) is 21.1. The summed E-state index contributed by atoms with van der Waals surface area (Å²) in [6, 6.07) is 25.2. The summed E-state index contributed by atoms with van der Waals surface area (Å²) < 4.78 is 6.01. The molecule has 0 aliphatic heterocycles. The molecule has 0 atom stereocenters. The van der Waals surface area contributed by atoms with Crippen LogP contribution in [0.1, 0.15) is 56.2 Å². The number of hydrogen-bond donors (Lipinski definition) is 1. The smallest absolute Gasteiger partial charge is 0.119 e. The van der Waals surface area contributed by atoms with Gasteiger partial charge < -0.3 is 14.7 Å². The summed E-state index contributed by atoms with van der Waals surface area (Å²) in [6.07, 6.45) is 4.61. The highest BCUT2D eigenvalue weighted by atomic mass is 35.5. The monoisotopic (exact) mass is 477 g/mol. The predicted molar refractivity (Wildman–Crippen MR) is 145 cm³/mol. The zero-order valence-electron chi connectivity index (χ0n) is 20.3. The van der Waals surface area contributed by atoms with Gasteiger partial charge in [-0.1, -0.05) is 80.0 Å². The van der Waals surface area contributed by atoms with Crippen LogP contribution in [0.5, 0.6) is 11.5 Å². The van der Waals surface area contributed by atoms with E-state index in [1.54, 1.807) is 12.1 Å². The molecule has 1 N–H and O–H groups in total. The number of aromatic hydroxyl groups is 1. The molecule has 0 fully saturated rings. The van der Waals surface area contributed by atoms with Crippen molar-refractivity contribution in [2.45, 2.75) is 39.5 Å². The molecule has 4 heteroatoms. The standard InChI is InChI=1S/C30H36ClNO2/c1-3-20-32(21-4-2)22-8-9-23-34-28-18-14-25(15-19-28)29(24-12-16-27(33)17-13-24)30(31)26-10-6-5-7-11-26/h5-7,10-19,33H,3-4,8-9,20-23H2,1-2H3/b30-29-. The van der Waals surface area contributed by atoms with Crippen LogP contribution in [0.2, 0.25) is 0 Å². The number of ether oxygens (including phenoxy) is 1. The van der Waals surface area contributed by atoms with E-state index in [1.165, 1.54) is 25.9 Å². The Kier molecular flexibility index (Phi) is 10.5. The van der Waals surface area contributed by atoms with Crippen LogP contribution in [0.15, 0.2) is 78.9 Å². The van der Waals surface area contributed by atoms with E-state index in [4.69, 9.17) is 16.3 Å². The Bertz CT molecular complexity index is 1010. The summed E-state index contributed by atoms with van der Waals surface area (Å²) >= 11 is 6.89. The minimum atomic E-state index is 0.232. The van der Waals surface area contributed by atoms with Crippen LogP contribution >= 0.6 is 11.6 Å². The fraction of sp³-hybridized carbons (Fsp3) is 0.333. The molecule has 180 valence electrons. The Labute approximate surface area is 209 Å². The van der Waals surface area contributed by atoms with E-state index >= 15 is 0 Å². The van der Waals surface area contributed by atoms with Gasteiger partial charge in [-0.25, -0.2) is 0 Å². The van der Waals surface area contributed by atoms with Crippen LogP contribution < -0.4 is 4.74 Å². The lowest BCUT2D eigenvalue weighted by atomic mass is 9.95. The molecule has 0 aliphatic rings. The second kappa shape index (κ2) is 13.8. The van der Waals surface area contributed by atoms with Crippen LogP contribution in [-0.2, 0) is 0 Å². The first-order chi connectivity index (χ1) is 16.6. The maximum Gasteiger partial charge on any atom is 0.119 e. The number of halogens is 1. The topological polar surface area (TPSA) is 32.7 Å². The van der Waals surface area contributed by atoms with Gasteiger partial charge in [0.25, 0.3) is 0 Å². The number of phenolic OH excluding ortho intramolecular Hbond substituents is 1. The van der Waals surface area contributed by atoms with Crippen LogP contribution in [0, 0.1) is 0 Å². The van der Waals surface area contributed by atoms with E-state index < -0.39 is 0 Å². The van der Waals surface area contributed by atoms with Crippen molar-refractivity contribution >= 4 is 22.2 Å². The first-order valence-corrected chi connectivity index (χ1v) is 12.7. The van der Waals surface area contributed by atoms with Gasteiger partial charge in [-0.05, 0) is 86.3 Å². The Morgan fingerprint density at radius 2 is 1.32 bits per heavy atom. The Morgan fingerprint density at radius 1 is 0.735 bits per heavy atom. The minimum Gasteiger partial charge on any atom is -0.508 e. The van der Waals surface area contributed by atoms with Crippen molar-refractivity contribution in [2.24, 2.45) is 0 Å². The van der Waals surface area contributed by atoms with Gasteiger partial charge in [0.05, 0.1) is 11.6 Å². The summed E-state index contributed by atoms with van der Waals surface area (Å²) in [4.78, 5) is 2.54. The lowest BCUT2D eigenvalue weighted by Crippen LogP contribution is -2.26. The Hall–Kier alpha value is -2.75. The van der Waals surface area contributed by atoms with Gasteiger partial charge in [-0.15, -0.1) is 0 Å². The summed E-state index contributed by atoms with van der Waals surface area (Å²) in [7, 11) is 0. The van der Waals surface area contributed by atoms with E-state index in [9.17, 15) is 5.11 Å². The number of unbranched alkanes of at least 4 members (excludes halogenated alkanes) is 1. The highest BCUT2D eigenvalue weighted by Gasteiger charge is 2.13. The third kappa shape index (κ3) is 7.65. The second-order valence-corrected chi connectivity index (χ2v) is 8.90. The summed E-state index contributed by atoms with van der Waals surface area (Å²) in [5, 5.41) is 10.4. The molecule has 0 saturated heterocycles. The van der Waals surface area contributed by atoms with Gasteiger partial charge >= 0.3 is 0 Å². The van der Waals surface area contributed by atoms with Crippen molar-refractivity contribution in [3.8, 4) is 11.5 Å². The highest BCUT2D eigenvalue weighted by Crippen LogP contribution is 2.36. The molecule has 3 aromatic rings. The third-order valence-corrected chi connectivity index (χ3v) is 6.17. The van der Waals surface area contributed by atoms with Gasteiger partial charge in [-0.2, -0.15) is 0 Å². The maximum absolute atomic E-state index is 9.74. The van der Waals surface area contributed by atoms with Crippen molar-refractivity contribution in [3.05, 3.63) is 95.6 Å². The van der Waals surface area contributed by atoms with E-state index in [2.05, 4.69) is 18.7 Å². The second-order valence-electron chi connectivity index (χ2n) is 8.52. The van der Waals surface area contributed by atoms with Crippen LogP contribution in [0.3, 0.4) is 0 Å². The lowest BCUT2D eigenvalue weighted by molar-refractivity contribution is 0.250. The summed E-state index contributed by atoms with van der Waals surface area (Å²) in [6.45, 7) is 8.70. The largest absolute Gasteiger partial charge is 0.508 e. The van der Waals surface area contributed by atoms with E-state index in [0.29, 0.717) is 5.03 Å². The molecule has 0 spiro atoms. The molecule has 0 bridgehead atoms. The molecule has 0 amide bonds. The number of phenols is 1. The van der Waals surface area contributed by atoms with E-state index in [0.717, 1.165) is 54.0 Å². The Morgan fingerprint density at radius 3 is 1.91 bits per heavy atom. The molecule has 0 heterocycles. The van der Waals surface area contributed by atoms with Crippen LogP contribution in [0.25, 0.3) is 10.6 Å². The quantitative estimate of drug-likeness (QED) is 0.201. The van der Waals surface area contributed by atoms with Crippen molar-refractivity contribution in [3.63, 3.8) is 0 Å². The molecule has 0 unspecified atom stereocenters. The van der Waals surface area contributed by atoms with Gasteiger partial charge in [-0.3, -0.25) is 0 Å². The van der Waals surface area contributed by atoms with Gasteiger partial charge in [0.1, 0.15) is 11.5 Å². The van der Waals surface area contributed by atoms with E-state index in [1.807, 2.05) is 66.7 Å². The van der Waals surface area contributed by atoms with Crippen molar-refractivity contribution in [1.29, 1.82) is 0 Å². The van der Waals surface area contributed by atoms with Gasteiger partial charge in [0, 0.05) is 5.57 Å². The molecule has 3 aromatic carbocycles. The maximum atomic E-state index is 9.74. The molecule has 3 nitrogen and oxygen atoms in total. The number of nitrogens with zero attached hydrogens (tertiary/aromatic N) is 1. The Balaban J connectivity index is 1.68. The van der Waals surface area contributed by atoms with Crippen molar-refractivity contribution in [2.75, 3.05) is 26.2 Å². The molecular weight excluding hydrogens is 442 g/mol. The number of rotatable bonds is 13. The van der Waals surface area contributed by atoms with Crippen LogP contribution in [0.4, 0.5) is 0 Å². The minimum absolute atomic E-state index is 0.232. The molecule has 0 saturated carbocycles. The number of benzene rings is 3. The average Bonchev–Trinajstić information content (AvgIpc) is 2.86. The molecule has 0 radical (unpaired) electrons. The highest BCUT2D eigenvalue weighted by molar-refractivity contribution is 6.53. The normalized spacial score (nSPS) is 12.0. The SMILES string of the molecule is CCCN(CCC)CCCCOc1ccc(/C(=C(\Cl)c2ccccc2)c2ccc(O)cc2)cc1. The predicted octanol–water partition coefficient (Wildman–Crippen LogP) is 7.83. The third-order valence-electron chi connectivity index (χ3n) is 5.76. The fourth-order valence-corrected chi connectivity index (χ4v) is 4.43. The average molecular weight is 478 g/mol. The first-order valence-electron chi connectivity index (χ1n) is 12.3. The first kappa shape index (κ1) is 25.9. The molecule has 0 aliphatic carbocycles. The summed E-state index contributed by atoms with van der Waals surface area (Å²) in [5.41, 5.74) is 3.82. The molecule has 0 aromatic heterocycles. The van der Waals surface area contributed by atoms with Crippen LogP contribution in [-0.4, -0.2) is 36.2 Å². The van der Waals surface area contributed by atoms with Gasteiger partial charge in [0.2, 0.25) is 0 Å².